The number of nitrogens with zero attached hydrogens (tertiary/aromatic N) is 1. The molecule has 0 saturated carbocycles. The third kappa shape index (κ3) is 3.51. The monoisotopic (exact) mass is 222 g/mol. The maximum atomic E-state index is 5.59. The van der Waals surface area contributed by atoms with Gasteiger partial charge in [0.2, 0.25) is 0 Å². The SMILES string of the molecule is Cc1ccc(N(C)CC(C)C(N)=S)cc1. The minimum atomic E-state index is 0.242. The molecule has 0 aliphatic heterocycles. The lowest BCUT2D eigenvalue weighted by Crippen LogP contribution is -2.31. The van der Waals surface area contributed by atoms with Gasteiger partial charge >= 0.3 is 0 Å². The van der Waals surface area contributed by atoms with Gasteiger partial charge in [0.1, 0.15) is 0 Å². The summed E-state index contributed by atoms with van der Waals surface area (Å²) in [6.07, 6.45) is 0. The lowest BCUT2D eigenvalue weighted by molar-refractivity contribution is 0.742. The average molecular weight is 222 g/mol. The molecule has 0 amide bonds. The van der Waals surface area contributed by atoms with Crippen molar-refractivity contribution in [2.24, 2.45) is 11.7 Å². The first-order valence-corrected chi connectivity index (χ1v) is 5.48. The number of rotatable bonds is 4. The first kappa shape index (κ1) is 12.0. The van der Waals surface area contributed by atoms with E-state index >= 15 is 0 Å². The summed E-state index contributed by atoms with van der Waals surface area (Å²) in [6.45, 7) is 4.99. The Morgan fingerprint density at radius 3 is 2.40 bits per heavy atom. The average Bonchev–Trinajstić information content (AvgIpc) is 2.18. The van der Waals surface area contributed by atoms with E-state index in [4.69, 9.17) is 18.0 Å². The predicted octanol–water partition coefficient (Wildman–Crippen LogP) is 2.35. The maximum Gasteiger partial charge on any atom is 0.0773 e. The molecule has 1 aromatic rings. The number of nitrogens with two attached hydrogens (primary N) is 1. The highest BCUT2D eigenvalue weighted by Crippen LogP contribution is 2.14. The third-order valence-electron chi connectivity index (χ3n) is 2.51. The van der Waals surface area contributed by atoms with E-state index < -0.39 is 0 Å². The molecule has 0 radical (unpaired) electrons. The summed E-state index contributed by atoms with van der Waals surface area (Å²) in [5.41, 5.74) is 8.06. The van der Waals surface area contributed by atoms with E-state index in [0.29, 0.717) is 4.99 Å². The summed E-state index contributed by atoms with van der Waals surface area (Å²) in [5, 5.41) is 0. The second-order valence-electron chi connectivity index (χ2n) is 4.02. The van der Waals surface area contributed by atoms with Crippen molar-refractivity contribution in [1.29, 1.82) is 0 Å². The quantitative estimate of drug-likeness (QED) is 0.793. The van der Waals surface area contributed by atoms with Crippen LogP contribution in [0.1, 0.15) is 12.5 Å². The van der Waals surface area contributed by atoms with Crippen molar-refractivity contribution >= 4 is 22.9 Å². The second-order valence-corrected chi connectivity index (χ2v) is 4.49. The molecule has 2 N–H and O–H groups in total. The Balaban J connectivity index is 2.64. The lowest BCUT2D eigenvalue weighted by Gasteiger charge is -2.22. The van der Waals surface area contributed by atoms with E-state index in [0.717, 1.165) is 6.54 Å². The first-order valence-electron chi connectivity index (χ1n) is 5.08. The van der Waals surface area contributed by atoms with Crippen LogP contribution in [0.3, 0.4) is 0 Å². The van der Waals surface area contributed by atoms with E-state index in [1.54, 1.807) is 0 Å². The van der Waals surface area contributed by atoms with Gasteiger partial charge in [0.25, 0.3) is 0 Å². The molecule has 0 aliphatic carbocycles. The summed E-state index contributed by atoms with van der Waals surface area (Å²) < 4.78 is 0. The van der Waals surface area contributed by atoms with Crippen LogP contribution < -0.4 is 10.6 Å². The highest BCUT2D eigenvalue weighted by atomic mass is 32.1. The van der Waals surface area contributed by atoms with Gasteiger partial charge in [-0.15, -0.1) is 0 Å². The number of benzene rings is 1. The first-order chi connectivity index (χ1) is 7.00. The van der Waals surface area contributed by atoms with E-state index in [1.807, 2.05) is 6.92 Å². The van der Waals surface area contributed by atoms with Crippen molar-refractivity contribution in [1.82, 2.24) is 0 Å². The van der Waals surface area contributed by atoms with Crippen molar-refractivity contribution < 1.29 is 0 Å². The van der Waals surface area contributed by atoms with Crippen LogP contribution in [0.4, 0.5) is 5.69 Å². The van der Waals surface area contributed by atoms with Gasteiger partial charge in [-0.3, -0.25) is 0 Å². The minimum absolute atomic E-state index is 0.242. The molecule has 0 aliphatic rings. The summed E-state index contributed by atoms with van der Waals surface area (Å²) in [6, 6.07) is 8.44. The second kappa shape index (κ2) is 5.12. The largest absolute Gasteiger partial charge is 0.393 e. The predicted molar refractivity (Wildman–Crippen MR) is 70.4 cm³/mol. The summed E-state index contributed by atoms with van der Waals surface area (Å²) >= 11 is 4.96. The molecule has 1 aromatic carbocycles. The van der Waals surface area contributed by atoms with Gasteiger partial charge in [-0.05, 0) is 19.1 Å². The van der Waals surface area contributed by atoms with Crippen LogP contribution in [-0.2, 0) is 0 Å². The fraction of sp³-hybridized carbons (Fsp3) is 0.417. The fourth-order valence-corrected chi connectivity index (χ4v) is 1.48. The summed E-state index contributed by atoms with van der Waals surface area (Å²) in [5.74, 6) is 0.242. The van der Waals surface area contributed by atoms with Crippen molar-refractivity contribution in [3.63, 3.8) is 0 Å². The molecular weight excluding hydrogens is 204 g/mol. The highest BCUT2D eigenvalue weighted by molar-refractivity contribution is 7.80. The molecular formula is C12H18N2S. The molecule has 0 spiro atoms. The van der Waals surface area contributed by atoms with Crippen molar-refractivity contribution in [3.05, 3.63) is 29.8 Å². The van der Waals surface area contributed by atoms with Gasteiger partial charge in [-0.25, -0.2) is 0 Å². The van der Waals surface area contributed by atoms with Crippen LogP contribution >= 0.6 is 12.2 Å². The Labute approximate surface area is 97.1 Å². The van der Waals surface area contributed by atoms with E-state index in [2.05, 4.69) is 43.1 Å². The third-order valence-corrected chi connectivity index (χ3v) is 2.91. The molecule has 0 bridgehead atoms. The molecule has 1 atom stereocenters. The van der Waals surface area contributed by atoms with Crippen LogP contribution in [0.5, 0.6) is 0 Å². The maximum absolute atomic E-state index is 5.59. The van der Waals surface area contributed by atoms with Crippen LogP contribution in [0.2, 0.25) is 0 Å². The standard InChI is InChI=1S/C12H18N2S/c1-9-4-6-11(7-5-9)14(3)8-10(2)12(13)15/h4-7,10H,8H2,1-3H3,(H2,13,15). The van der Waals surface area contributed by atoms with Gasteiger partial charge in [-0.1, -0.05) is 36.8 Å². The molecule has 1 unspecified atom stereocenters. The molecule has 15 heavy (non-hydrogen) atoms. The number of anilines is 1. The minimum Gasteiger partial charge on any atom is -0.393 e. The smallest absolute Gasteiger partial charge is 0.0773 e. The number of thiocarbonyl (C=S) groups is 1. The summed E-state index contributed by atoms with van der Waals surface area (Å²) in [7, 11) is 2.06. The summed E-state index contributed by atoms with van der Waals surface area (Å²) in [4.78, 5) is 2.75. The molecule has 3 heteroatoms. The zero-order valence-corrected chi connectivity index (χ0v) is 10.3. The fourth-order valence-electron chi connectivity index (χ4n) is 1.41. The van der Waals surface area contributed by atoms with Crippen LogP contribution in [0.15, 0.2) is 24.3 Å². The normalized spacial score (nSPS) is 12.2. The Kier molecular flexibility index (Phi) is 4.09. The zero-order valence-electron chi connectivity index (χ0n) is 9.53. The molecule has 0 saturated heterocycles. The molecule has 0 heterocycles. The van der Waals surface area contributed by atoms with Crippen molar-refractivity contribution in [3.8, 4) is 0 Å². The van der Waals surface area contributed by atoms with E-state index in [1.165, 1.54) is 11.3 Å². The number of hydrogen-bond donors (Lipinski definition) is 1. The number of hydrogen-bond acceptors (Lipinski definition) is 2. The lowest BCUT2D eigenvalue weighted by atomic mass is 10.1. The molecule has 2 nitrogen and oxygen atoms in total. The Morgan fingerprint density at radius 1 is 1.40 bits per heavy atom. The van der Waals surface area contributed by atoms with E-state index in [9.17, 15) is 0 Å². The Hall–Kier alpha value is -1.09. The Morgan fingerprint density at radius 2 is 1.93 bits per heavy atom. The molecule has 82 valence electrons. The van der Waals surface area contributed by atoms with Crippen LogP contribution in [0.25, 0.3) is 0 Å². The van der Waals surface area contributed by atoms with Gasteiger partial charge in [0, 0.05) is 25.2 Å². The van der Waals surface area contributed by atoms with Gasteiger partial charge in [-0.2, -0.15) is 0 Å². The molecule has 1 rings (SSSR count). The van der Waals surface area contributed by atoms with Gasteiger partial charge in [0.15, 0.2) is 0 Å². The van der Waals surface area contributed by atoms with Gasteiger partial charge < -0.3 is 10.6 Å². The van der Waals surface area contributed by atoms with Crippen LogP contribution in [0, 0.1) is 12.8 Å². The topological polar surface area (TPSA) is 29.3 Å². The van der Waals surface area contributed by atoms with Gasteiger partial charge in [0.05, 0.1) is 4.99 Å². The highest BCUT2D eigenvalue weighted by Gasteiger charge is 2.08. The zero-order chi connectivity index (χ0) is 11.4. The van der Waals surface area contributed by atoms with Crippen molar-refractivity contribution in [2.75, 3.05) is 18.5 Å². The van der Waals surface area contributed by atoms with Crippen LogP contribution in [-0.4, -0.2) is 18.6 Å². The van der Waals surface area contributed by atoms with Crippen molar-refractivity contribution in [2.45, 2.75) is 13.8 Å². The van der Waals surface area contributed by atoms with E-state index in [-0.39, 0.29) is 5.92 Å². The molecule has 0 fully saturated rings. The number of aryl methyl sites for hydroxylation is 1. The Bertz CT molecular complexity index is 332. The molecule has 0 aromatic heterocycles.